The minimum atomic E-state index is 0.266. The molecule has 0 atom stereocenters. The molecule has 1 heterocycles. The Hall–Kier alpha value is -1.32. The fraction of sp³-hybridized carbons (Fsp3) is 0.600. The van der Waals surface area contributed by atoms with E-state index in [9.17, 15) is 0 Å². The first-order valence-electron chi connectivity index (χ1n) is 5.15. The number of nitrogen functional groups attached to an aromatic ring is 2. The summed E-state index contributed by atoms with van der Waals surface area (Å²) in [5, 5.41) is 0. The smallest absolute Gasteiger partial charge is 0.221 e. The van der Waals surface area contributed by atoms with Gasteiger partial charge in [0.05, 0.1) is 0 Å². The molecule has 1 fully saturated rings. The quantitative estimate of drug-likeness (QED) is 0.709. The van der Waals surface area contributed by atoms with E-state index >= 15 is 0 Å². The molecule has 0 bridgehead atoms. The summed E-state index contributed by atoms with van der Waals surface area (Å²) < 4.78 is 0. The first kappa shape index (κ1) is 9.24. The molecule has 4 N–H and O–H groups in total. The van der Waals surface area contributed by atoms with Crippen molar-refractivity contribution in [2.45, 2.75) is 38.0 Å². The molecule has 2 rings (SSSR count). The van der Waals surface area contributed by atoms with Crippen molar-refractivity contribution in [2.24, 2.45) is 0 Å². The van der Waals surface area contributed by atoms with E-state index in [1.165, 1.54) is 32.1 Å². The van der Waals surface area contributed by atoms with Gasteiger partial charge in [0.2, 0.25) is 5.95 Å². The molecular weight excluding hydrogens is 176 g/mol. The second kappa shape index (κ2) is 3.82. The second-order valence-electron chi connectivity index (χ2n) is 3.90. The number of hydrogen-bond acceptors (Lipinski definition) is 4. The van der Waals surface area contributed by atoms with Crippen molar-refractivity contribution < 1.29 is 0 Å². The Bertz CT molecular complexity index is 318. The Labute approximate surface area is 83.7 Å². The van der Waals surface area contributed by atoms with Crippen LogP contribution in [0.2, 0.25) is 0 Å². The number of nitrogens with two attached hydrogens (primary N) is 2. The van der Waals surface area contributed by atoms with E-state index in [2.05, 4.69) is 9.97 Å². The fourth-order valence-electron chi connectivity index (χ4n) is 2.15. The monoisotopic (exact) mass is 192 g/mol. The van der Waals surface area contributed by atoms with Gasteiger partial charge in [-0.05, 0) is 18.8 Å². The molecule has 0 spiro atoms. The van der Waals surface area contributed by atoms with Crippen LogP contribution in [0.3, 0.4) is 0 Å². The maximum absolute atomic E-state index is 5.82. The molecule has 0 radical (unpaired) electrons. The largest absolute Gasteiger partial charge is 0.383 e. The zero-order chi connectivity index (χ0) is 9.97. The van der Waals surface area contributed by atoms with E-state index in [-0.39, 0.29) is 5.95 Å². The third-order valence-electron chi connectivity index (χ3n) is 2.91. The van der Waals surface area contributed by atoms with Gasteiger partial charge < -0.3 is 11.5 Å². The molecule has 1 aliphatic rings. The van der Waals surface area contributed by atoms with Gasteiger partial charge in [0.25, 0.3) is 0 Å². The lowest BCUT2D eigenvalue weighted by atomic mass is 9.85. The molecule has 76 valence electrons. The molecule has 0 amide bonds. The second-order valence-corrected chi connectivity index (χ2v) is 3.90. The fourth-order valence-corrected chi connectivity index (χ4v) is 2.15. The lowest BCUT2D eigenvalue weighted by molar-refractivity contribution is 0.443. The van der Waals surface area contributed by atoms with Crippen LogP contribution in [-0.2, 0) is 0 Å². The normalized spacial score (nSPS) is 18.3. The molecule has 0 aliphatic heterocycles. The average molecular weight is 192 g/mol. The molecule has 0 unspecified atom stereocenters. The average Bonchev–Trinajstić information content (AvgIpc) is 2.19. The van der Waals surface area contributed by atoms with E-state index in [1.807, 2.05) is 0 Å². The zero-order valence-electron chi connectivity index (χ0n) is 8.24. The Morgan fingerprint density at radius 3 is 2.50 bits per heavy atom. The highest BCUT2D eigenvalue weighted by Gasteiger charge is 2.18. The van der Waals surface area contributed by atoms with Gasteiger partial charge in [0.15, 0.2) is 0 Å². The summed E-state index contributed by atoms with van der Waals surface area (Å²) >= 11 is 0. The lowest BCUT2D eigenvalue weighted by Gasteiger charge is -2.22. The molecule has 1 aliphatic carbocycles. The molecule has 0 saturated heterocycles. The summed E-state index contributed by atoms with van der Waals surface area (Å²) in [5.41, 5.74) is 12.4. The van der Waals surface area contributed by atoms with Crippen LogP contribution in [0.15, 0.2) is 6.20 Å². The number of rotatable bonds is 1. The van der Waals surface area contributed by atoms with Gasteiger partial charge >= 0.3 is 0 Å². The predicted octanol–water partition coefficient (Wildman–Crippen LogP) is 1.69. The first-order chi connectivity index (χ1) is 6.77. The van der Waals surface area contributed by atoms with E-state index in [1.54, 1.807) is 6.20 Å². The molecular formula is C10H16N4. The van der Waals surface area contributed by atoms with Gasteiger partial charge in [0.1, 0.15) is 5.82 Å². The van der Waals surface area contributed by atoms with E-state index in [4.69, 9.17) is 11.5 Å². The lowest BCUT2D eigenvalue weighted by Crippen LogP contribution is -2.10. The summed E-state index contributed by atoms with van der Waals surface area (Å²) in [6.45, 7) is 0. The number of aromatic nitrogens is 2. The van der Waals surface area contributed by atoms with Crippen LogP contribution < -0.4 is 11.5 Å². The van der Waals surface area contributed by atoms with E-state index < -0.39 is 0 Å². The zero-order valence-corrected chi connectivity index (χ0v) is 8.24. The van der Waals surface area contributed by atoms with Crippen molar-refractivity contribution in [3.63, 3.8) is 0 Å². The topological polar surface area (TPSA) is 77.8 Å². The third-order valence-corrected chi connectivity index (χ3v) is 2.91. The molecule has 4 heteroatoms. The Morgan fingerprint density at radius 2 is 1.86 bits per heavy atom. The molecule has 0 aromatic carbocycles. The SMILES string of the molecule is Nc1ncc(C2CCCCC2)c(N)n1. The number of hydrogen-bond donors (Lipinski definition) is 2. The van der Waals surface area contributed by atoms with Gasteiger partial charge in [-0.25, -0.2) is 4.98 Å². The predicted molar refractivity (Wildman–Crippen MR) is 56.7 cm³/mol. The van der Waals surface area contributed by atoms with E-state index in [0.717, 1.165) is 5.56 Å². The Morgan fingerprint density at radius 1 is 1.14 bits per heavy atom. The minimum absolute atomic E-state index is 0.266. The van der Waals surface area contributed by atoms with Crippen molar-refractivity contribution in [1.82, 2.24) is 9.97 Å². The molecule has 1 saturated carbocycles. The highest BCUT2D eigenvalue weighted by atomic mass is 15.0. The van der Waals surface area contributed by atoms with Crippen LogP contribution in [0.5, 0.6) is 0 Å². The minimum Gasteiger partial charge on any atom is -0.383 e. The van der Waals surface area contributed by atoms with Gasteiger partial charge in [-0.2, -0.15) is 4.98 Å². The Balaban J connectivity index is 2.22. The third kappa shape index (κ3) is 1.78. The van der Waals surface area contributed by atoms with Crippen LogP contribution in [0.4, 0.5) is 11.8 Å². The molecule has 1 aromatic rings. The molecule has 14 heavy (non-hydrogen) atoms. The van der Waals surface area contributed by atoms with Crippen molar-refractivity contribution in [2.75, 3.05) is 11.5 Å². The maximum atomic E-state index is 5.82. The van der Waals surface area contributed by atoms with Crippen molar-refractivity contribution in [1.29, 1.82) is 0 Å². The van der Waals surface area contributed by atoms with Gasteiger partial charge in [-0.3, -0.25) is 0 Å². The van der Waals surface area contributed by atoms with Crippen LogP contribution in [0, 0.1) is 0 Å². The molecule has 4 nitrogen and oxygen atoms in total. The summed E-state index contributed by atoms with van der Waals surface area (Å²) in [7, 11) is 0. The Kier molecular flexibility index (Phi) is 2.52. The highest BCUT2D eigenvalue weighted by molar-refractivity contribution is 5.43. The summed E-state index contributed by atoms with van der Waals surface area (Å²) in [5.74, 6) is 1.37. The van der Waals surface area contributed by atoms with Gasteiger partial charge in [-0.1, -0.05) is 19.3 Å². The van der Waals surface area contributed by atoms with Crippen LogP contribution in [0.1, 0.15) is 43.6 Å². The van der Waals surface area contributed by atoms with Crippen molar-refractivity contribution in [3.8, 4) is 0 Å². The van der Waals surface area contributed by atoms with E-state index in [0.29, 0.717) is 11.7 Å². The van der Waals surface area contributed by atoms with Gasteiger partial charge in [-0.15, -0.1) is 0 Å². The van der Waals surface area contributed by atoms with Crippen LogP contribution in [-0.4, -0.2) is 9.97 Å². The summed E-state index contributed by atoms with van der Waals surface area (Å²) in [4.78, 5) is 8.00. The standard InChI is InChI=1S/C10H16N4/c11-9-8(6-13-10(12)14-9)7-4-2-1-3-5-7/h6-7H,1-5H2,(H4,11,12,13,14). The number of nitrogens with zero attached hydrogens (tertiary/aromatic N) is 2. The van der Waals surface area contributed by atoms with Crippen molar-refractivity contribution in [3.05, 3.63) is 11.8 Å². The van der Waals surface area contributed by atoms with Crippen LogP contribution in [0.25, 0.3) is 0 Å². The summed E-state index contributed by atoms with van der Waals surface area (Å²) in [6.07, 6.45) is 8.11. The molecule has 1 aromatic heterocycles. The van der Waals surface area contributed by atoms with Crippen molar-refractivity contribution >= 4 is 11.8 Å². The maximum Gasteiger partial charge on any atom is 0.221 e. The number of anilines is 2. The summed E-state index contributed by atoms with van der Waals surface area (Å²) in [6, 6.07) is 0. The van der Waals surface area contributed by atoms with Gasteiger partial charge in [0, 0.05) is 11.8 Å². The van der Waals surface area contributed by atoms with Crippen LogP contribution >= 0.6 is 0 Å². The first-order valence-corrected chi connectivity index (χ1v) is 5.15. The highest BCUT2D eigenvalue weighted by Crippen LogP contribution is 2.34.